The lowest BCUT2D eigenvalue weighted by atomic mass is 10.1. The molecule has 0 unspecified atom stereocenters. The van der Waals surface area contributed by atoms with Gasteiger partial charge in [0.15, 0.2) is 0 Å². The van der Waals surface area contributed by atoms with E-state index in [2.05, 4.69) is 11.8 Å². The van der Waals surface area contributed by atoms with Crippen LogP contribution >= 0.6 is 0 Å². The molecule has 0 saturated carbocycles. The third-order valence-corrected chi connectivity index (χ3v) is 1.82. The maximum absolute atomic E-state index is 12.1. The number of ketones is 1. The normalized spacial score (nSPS) is 10.3. The lowest BCUT2D eigenvalue weighted by molar-refractivity contribution is -0.107. The molecule has 0 atom stereocenters. The number of aldehydes is 1. The molecule has 0 aliphatic heterocycles. The van der Waals surface area contributed by atoms with Gasteiger partial charge in [0.1, 0.15) is 6.29 Å². The average Bonchev–Trinajstić information content (AvgIpc) is 2.28. The fourth-order valence-corrected chi connectivity index (χ4v) is 1.06. The third kappa shape index (κ3) is 3.76. The predicted octanol–water partition coefficient (Wildman–Crippen LogP) is 2.37. The number of alkyl halides is 3. The number of hydrogen-bond donors (Lipinski definition) is 0. The summed E-state index contributed by atoms with van der Waals surface area (Å²) in [7, 11) is 0. The van der Waals surface area contributed by atoms with E-state index in [1.54, 1.807) is 0 Å². The summed E-state index contributed by atoms with van der Waals surface area (Å²) in [6.45, 7) is 0. The smallest absolute Gasteiger partial charge is 0.302 e. The Bertz CT molecular complexity index is 475. The molecule has 17 heavy (non-hydrogen) atoms. The molecule has 0 amide bonds. The summed E-state index contributed by atoms with van der Waals surface area (Å²) < 4.78 is 36.2. The summed E-state index contributed by atoms with van der Waals surface area (Å²) in [5.74, 6) is 3.20. The van der Waals surface area contributed by atoms with E-state index in [0.29, 0.717) is 11.8 Å². The zero-order valence-electron chi connectivity index (χ0n) is 8.54. The van der Waals surface area contributed by atoms with E-state index in [4.69, 9.17) is 0 Å². The van der Waals surface area contributed by atoms with Crippen molar-refractivity contribution in [3.8, 4) is 11.8 Å². The van der Waals surface area contributed by atoms with Crippen molar-refractivity contribution in [3.63, 3.8) is 0 Å². The highest BCUT2D eigenvalue weighted by Gasteiger charge is 2.38. The Labute approximate surface area is 95.4 Å². The molecule has 0 saturated heterocycles. The largest absolute Gasteiger partial charge is 0.454 e. The predicted molar refractivity (Wildman–Crippen MR) is 54.4 cm³/mol. The molecule has 0 aromatic heterocycles. The summed E-state index contributed by atoms with van der Waals surface area (Å²) in [6.07, 6.45) is -4.19. The average molecular weight is 240 g/mol. The van der Waals surface area contributed by atoms with Gasteiger partial charge in [0.05, 0.1) is 6.42 Å². The molecule has 0 N–H and O–H groups in total. The molecular formula is C12H7F3O2. The molecule has 0 aliphatic carbocycles. The highest BCUT2D eigenvalue weighted by molar-refractivity contribution is 6.00. The maximum Gasteiger partial charge on any atom is 0.454 e. The molecule has 0 heterocycles. The first-order chi connectivity index (χ1) is 7.95. The van der Waals surface area contributed by atoms with Gasteiger partial charge in [-0.05, 0) is 24.3 Å². The van der Waals surface area contributed by atoms with Crippen LogP contribution in [0.4, 0.5) is 13.2 Å². The Hall–Kier alpha value is -2.09. The van der Waals surface area contributed by atoms with E-state index < -0.39 is 17.5 Å². The van der Waals surface area contributed by atoms with Gasteiger partial charge in [0.2, 0.25) is 0 Å². The second-order valence-corrected chi connectivity index (χ2v) is 3.08. The summed E-state index contributed by atoms with van der Waals surface area (Å²) in [6, 6.07) is 4.72. The Morgan fingerprint density at radius 2 is 1.82 bits per heavy atom. The van der Waals surface area contributed by atoms with Crippen LogP contribution in [0, 0.1) is 11.8 Å². The number of benzene rings is 1. The molecule has 0 fully saturated rings. The number of carbonyl (C=O) groups is 2. The molecular weight excluding hydrogens is 233 g/mol. The van der Waals surface area contributed by atoms with Gasteiger partial charge in [0.25, 0.3) is 5.78 Å². The first kappa shape index (κ1) is 13.0. The minimum Gasteiger partial charge on any atom is -0.302 e. The van der Waals surface area contributed by atoms with Crippen molar-refractivity contribution in [1.82, 2.24) is 0 Å². The zero-order valence-corrected chi connectivity index (χ0v) is 8.54. The van der Waals surface area contributed by atoms with Crippen molar-refractivity contribution < 1.29 is 22.8 Å². The fourth-order valence-electron chi connectivity index (χ4n) is 1.06. The summed E-state index contributed by atoms with van der Waals surface area (Å²) in [5.41, 5.74) is 0.0176. The van der Waals surface area contributed by atoms with Crippen molar-refractivity contribution in [3.05, 3.63) is 35.4 Å². The topological polar surface area (TPSA) is 34.1 Å². The lowest BCUT2D eigenvalue weighted by Gasteiger charge is -2.04. The summed E-state index contributed by atoms with van der Waals surface area (Å²) in [4.78, 5) is 20.8. The Kier molecular flexibility index (Phi) is 4.05. The zero-order chi connectivity index (χ0) is 12.9. The molecule has 1 aromatic rings. The van der Waals surface area contributed by atoms with Gasteiger partial charge in [-0.25, -0.2) is 0 Å². The van der Waals surface area contributed by atoms with Crippen LogP contribution in [0.1, 0.15) is 22.3 Å². The van der Waals surface area contributed by atoms with Crippen LogP contribution in [0.25, 0.3) is 0 Å². The first-order valence-corrected chi connectivity index (χ1v) is 4.59. The fraction of sp³-hybridized carbons (Fsp3) is 0.167. The van der Waals surface area contributed by atoms with Gasteiger partial charge in [-0.3, -0.25) is 4.79 Å². The van der Waals surface area contributed by atoms with Crippen molar-refractivity contribution >= 4 is 12.1 Å². The number of hydrogen-bond acceptors (Lipinski definition) is 2. The number of Topliss-reactive ketones (excluding diaryl/α,β-unsaturated/α-hetero) is 1. The molecule has 88 valence electrons. The Morgan fingerprint density at radius 3 is 2.29 bits per heavy atom. The molecule has 0 radical (unpaired) electrons. The highest BCUT2D eigenvalue weighted by Crippen LogP contribution is 2.21. The van der Waals surface area contributed by atoms with Crippen molar-refractivity contribution in [2.45, 2.75) is 12.6 Å². The lowest BCUT2D eigenvalue weighted by Crippen LogP contribution is -2.22. The van der Waals surface area contributed by atoms with E-state index in [1.165, 1.54) is 12.1 Å². The van der Waals surface area contributed by atoms with E-state index in [1.807, 2.05) is 0 Å². The molecule has 1 rings (SSSR count). The molecule has 5 heteroatoms. The van der Waals surface area contributed by atoms with E-state index in [9.17, 15) is 22.8 Å². The summed E-state index contributed by atoms with van der Waals surface area (Å²) >= 11 is 0. The minimum atomic E-state index is -4.87. The van der Waals surface area contributed by atoms with E-state index >= 15 is 0 Å². The van der Waals surface area contributed by atoms with Crippen LogP contribution in [0.2, 0.25) is 0 Å². The first-order valence-electron chi connectivity index (χ1n) is 4.59. The SMILES string of the molecule is O=CCC#Cc1ccc(C(=O)C(F)(F)F)cc1. The van der Waals surface area contributed by atoms with Crippen molar-refractivity contribution in [1.29, 1.82) is 0 Å². The minimum absolute atomic E-state index is 0.0588. The van der Waals surface area contributed by atoms with Crippen LogP contribution < -0.4 is 0 Å². The standard InChI is InChI=1S/C12H7F3O2/c13-12(14,15)11(17)10-6-4-9(5-7-10)3-1-2-8-16/h4-8H,2H2. The number of rotatable bonds is 2. The van der Waals surface area contributed by atoms with Crippen LogP contribution in [0.3, 0.4) is 0 Å². The van der Waals surface area contributed by atoms with E-state index in [-0.39, 0.29) is 6.42 Å². The molecule has 1 aromatic carbocycles. The molecule has 2 nitrogen and oxygen atoms in total. The van der Waals surface area contributed by atoms with Gasteiger partial charge in [-0.2, -0.15) is 13.2 Å². The van der Waals surface area contributed by atoms with E-state index in [0.717, 1.165) is 12.1 Å². The van der Waals surface area contributed by atoms with Crippen molar-refractivity contribution in [2.24, 2.45) is 0 Å². The van der Waals surface area contributed by atoms with Crippen molar-refractivity contribution in [2.75, 3.05) is 0 Å². The molecule has 0 aliphatic rings. The van der Waals surface area contributed by atoms with Gasteiger partial charge in [0, 0.05) is 11.1 Å². The quantitative estimate of drug-likeness (QED) is 0.452. The monoisotopic (exact) mass is 240 g/mol. The van der Waals surface area contributed by atoms with Gasteiger partial charge in [-0.1, -0.05) is 11.8 Å². The summed E-state index contributed by atoms with van der Waals surface area (Å²) in [5, 5.41) is 0. The van der Waals surface area contributed by atoms with Gasteiger partial charge < -0.3 is 4.79 Å². The number of halogens is 3. The Balaban J connectivity index is 2.86. The molecule has 0 bridgehead atoms. The third-order valence-electron chi connectivity index (χ3n) is 1.82. The second-order valence-electron chi connectivity index (χ2n) is 3.08. The van der Waals surface area contributed by atoms with Crippen LogP contribution in [0.5, 0.6) is 0 Å². The van der Waals surface area contributed by atoms with Crippen LogP contribution in [-0.4, -0.2) is 18.2 Å². The Morgan fingerprint density at radius 1 is 1.24 bits per heavy atom. The van der Waals surface area contributed by atoms with Gasteiger partial charge in [-0.15, -0.1) is 0 Å². The van der Waals surface area contributed by atoms with Crippen LogP contribution in [-0.2, 0) is 4.79 Å². The maximum atomic E-state index is 12.1. The van der Waals surface area contributed by atoms with Crippen LogP contribution in [0.15, 0.2) is 24.3 Å². The number of carbonyl (C=O) groups excluding carboxylic acids is 2. The molecule has 0 spiro atoms. The van der Waals surface area contributed by atoms with Gasteiger partial charge >= 0.3 is 6.18 Å². The second kappa shape index (κ2) is 5.30. The highest BCUT2D eigenvalue weighted by atomic mass is 19.4.